The van der Waals surface area contributed by atoms with Gasteiger partial charge in [-0.25, -0.2) is 0 Å². The molecule has 1 fully saturated rings. The molecule has 166 valence electrons. The quantitative estimate of drug-likeness (QED) is 0.448. The lowest BCUT2D eigenvalue weighted by molar-refractivity contribution is -0.127. The Labute approximate surface area is 200 Å². The summed E-state index contributed by atoms with van der Waals surface area (Å²) in [4.78, 5) is 38.5. The summed E-state index contributed by atoms with van der Waals surface area (Å²) < 4.78 is 5.82. The molecule has 0 aliphatic carbocycles. The first-order valence-electron chi connectivity index (χ1n) is 10.1. The summed E-state index contributed by atoms with van der Waals surface area (Å²) in [6.07, 6.45) is 1.61. The van der Waals surface area contributed by atoms with Crippen LogP contribution in [0.4, 0.5) is 10.5 Å². The van der Waals surface area contributed by atoms with Crippen molar-refractivity contribution >= 4 is 52.2 Å². The van der Waals surface area contributed by atoms with Crippen LogP contribution in [0.1, 0.15) is 11.1 Å². The van der Waals surface area contributed by atoms with E-state index in [4.69, 9.17) is 16.3 Å². The lowest BCUT2D eigenvalue weighted by Crippen LogP contribution is -2.36. The SMILES string of the molecule is O=C(CN1C(=O)S/C(=C\c2cccc(OCc3ccccc3Cl)c2)C1=O)Nc1ccccc1. The maximum absolute atomic E-state index is 12.7. The topological polar surface area (TPSA) is 75.7 Å². The molecule has 6 nitrogen and oxygen atoms in total. The third kappa shape index (κ3) is 5.83. The van der Waals surface area contributed by atoms with Gasteiger partial charge in [0.2, 0.25) is 5.91 Å². The molecule has 0 bridgehead atoms. The van der Waals surface area contributed by atoms with E-state index in [-0.39, 0.29) is 11.4 Å². The van der Waals surface area contributed by atoms with Gasteiger partial charge in [0.25, 0.3) is 11.1 Å². The zero-order valence-corrected chi connectivity index (χ0v) is 18.9. The van der Waals surface area contributed by atoms with E-state index in [0.29, 0.717) is 28.6 Å². The lowest BCUT2D eigenvalue weighted by atomic mass is 10.2. The number of rotatable bonds is 7. The van der Waals surface area contributed by atoms with Gasteiger partial charge in [0, 0.05) is 16.3 Å². The fourth-order valence-corrected chi connectivity index (χ4v) is 4.15. The van der Waals surface area contributed by atoms with Crippen LogP contribution < -0.4 is 10.1 Å². The Morgan fingerprint density at radius 1 is 1.00 bits per heavy atom. The van der Waals surface area contributed by atoms with Crippen molar-refractivity contribution in [3.63, 3.8) is 0 Å². The van der Waals surface area contributed by atoms with Crippen LogP contribution in [-0.4, -0.2) is 28.5 Å². The Morgan fingerprint density at radius 2 is 1.76 bits per heavy atom. The predicted octanol–water partition coefficient (Wildman–Crippen LogP) is 5.59. The van der Waals surface area contributed by atoms with Crippen LogP contribution in [0.25, 0.3) is 6.08 Å². The van der Waals surface area contributed by atoms with Crippen LogP contribution >= 0.6 is 23.4 Å². The minimum absolute atomic E-state index is 0.246. The summed E-state index contributed by atoms with van der Waals surface area (Å²) in [5.41, 5.74) is 2.16. The van der Waals surface area contributed by atoms with Gasteiger partial charge in [-0.1, -0.05) is 60.1 Å². The number of nitrogens with one attached hydrogen (secondary N) is 1. The maximum Gasteiger partial charge on any atom is 0.294 e. The molecule has 0 spiro atoms. The van der Waals surface area contributed by atoms with Gasteiger partial charge in [-0.3, -0.25) is 19.3 Å². The van der Waals surface area contributed by atoms with Gasteiger partial charge in [0.05, 0.1) is 4.91 Å². The molecule has 0 saturated carbocycles. The highest BCUT2D eigenvalue weighted by atomic mass is 35.5. The standard InChI is InChI=1S/C25H19ClN2O4S/c26-21-12-5-4-8-18(21)16-32-20-11-6-7-17(13-20)14-22-24(30)28(25(31)33-22)15-23(29)27-19-9-2-1-3-10-19/h1-14H,15-16H2,(H,27,29)/b22-14-. The van der Waals surface area contributed by atoms with E-state index in [1.165, 1.54) is 0 Å². The molecule has 33 heavy (non-hydrogen) atoms. The summed E-state index contributed by atoms with van der Waals surface area (Å²) in [6, 6.07) is 23.4. The number of benzene rings is 3. The minimum atomic E-state index is -0.504. The maximum atomic E-state index is 12.7. The Bertz CT molecular complexity index is 1230. The van der Waals surface area contributed by atoms with Crippen molar-refractivity contribution < 1.29 is 19.1 Å². The zero-order chi connectivity index (χ0) is 23.2. The number of imide groups is 1. The van der Waals surface area contributed by atoms with E-state index in [1.54, 1.807) is 60.7 Å². The lowest BCUT2D eigenvalue weighted by Gasteiger charge is -2.12. The van der Waals surface area contributed by atoms with Crippen molar-refractivity contribution in [3.8, 4) is 5.75 Å². The third-order valence-electron chi connectivity index (χ3n) is 4.74. The van der Waals surface area contributed by atoms with Crippen LogP contribution in [0.5, 0.6) is 5.75 Å². The number of thioether (sulfide) groups is 1. The van der Waals surface area contributed by atoms with Crippen LogP contribution in [0.15, 0.2) is 83.8 Å². The van der Waals surface area contributed by atoms with E-state index in [1.807, 2.05) is 24.3 Å². The molecule has 3 aromatic carbocycles. The average molecular weight is 479 g/mol. The van der Waals surface area contributed by atoms with Crippen LogP contribution in [0, 0.1) is 0 Å². The second kappa shape index (κ2) is 10.4. The number of carbonyl (C=O) groups is 3. The fraction of sp³-hybridized carbons (Fsp3) is 0.0800. The molecule has 1 heterocycles. The molecule has 8 heteroatoms. The van der Waals surface area contributed by atoms with Crippen LogP contribution in [0.3, 0.4) is 0 Å². The van der Waals surface area contributed by atoms with Gasteiger partial charge in [-0.15, -0.1) is 0 Å². The van der Waals surface area contributed by atoms with Gasteiger partial charge in [0.1, 0.15) is 18.9 Å². The average Bonchev–Trinajstić information content (AvgIpc) is 3.06. The molecule has 3 amide bonds. The second-order valence-corrected chi connectivity index (χ2v) is 8.54. The number of para-hydroxylation sites is 1. The number of halogens is 1. The monoisotopic (exact) mass is 478 g/mol. The molecule has 1 aliphatic heterocycles. The van der Waals surface area contributed by atoms with Crippen molar-refractivity contribution in [3.05, 3.63) is 99.9 Å². The van der Waals surface area contributed by atoms with E-state index in [2.05, 4.69) is 5.32 Å². The minimum Gasteiger partial charge on any atom is -0.489 e. The van der Waals surface area contributed by atoms with Crippen molar-refractivity contribution in [2.45, 2.75) is 6.61 Å². The molecule has 1 saturated heterocycles. The molecule has 0 radical (unpaired) electrons. The number of hydrogen-bond donors (Lipinski definition) is 1. The number of nitrogens with zero attached hydrogens (tertiary/aromatic N) is 1. The number of anilines is 1. The number of amides is 3. The Balaban J connectivity index is 1.41. The van der Waals surface area contributed by atoms with Crippen LogP contribution in [-0.2, 0) is 16.2 Å². The zero-order valence-electron chi connectivity index (χ0n) is 17.4. The Kier molecular flexibility index (Phi) is 7.12. The highest BCUT2D eigenvalue weighted by Crippen LogP contribution is 2.32. The molecule has 3 aromatic rings. The van der Waals surface area contributed by atoms with E-state index < -0.39 is 17.1 Å². The van der Waals surface area contributed by atoms with Gasteiger partial charge in [-0.05, 0) is 53.7 Å². The van der Waals surface area contributed by atoms with Crippen molar-refractivity contribution in [1.82, 2.24) is 4.90 Å². The molecule has 0 unspecified atom stereocenters. The largest absolute Gasteiger partial charge is 0.489 e. The molecular formula is C25H19ClN2O4S. The van der Waals surface area contributed by atoms with E-state index in [9.17, 15) is 14.4 Å². The molecule has 1 N–H and O–H groups in total. The van der Waals surface area contributed by atoms with Crippen molar-refractivity contribution in [1.29, 1.82) is 0 Å². The molecule has 4 rings (SSSR count). The Hall–Kier alpha value is -3.55. The molecule has 0 atom stereocenters. The summed E-state index contributed by atoms with van der Waals surface area (Å²) >= 11 is 6.97. The first kappa shape index (κ1) is 22.6. The van der Waals surface area contributed by atoms with Crippen LogP contribution in [0.2, 0.25) is 5.02 Å². The summed E-state index contributed by atoms with van der Waals surface area (Å²) in [7, 11) is 0. The van der Waals surface area contributed by atoms with Gasteiger partial charge >= 0.3 is 0 Å². The highest BCUT2D eigenvalue weighted by molar-refractivity contribution is 8.18. The van der Waals surface area contributed by atoms with Gasteiger partial charge in [0.15, 0.2) is 0 Å². The normalized spacial score (nSPS) is 14.6. The second-order valence-electron chi connectivity index (χ2n) is 7.13. The molecule has 1 aliphatic rings. The predicted molar refractivity (Wildman–Crippen MR) is 130 cm³/mol. The van der Waals surface area contributed by atoms with E-state index >= 15 is 0 Å². The Morgan fingerprint density at radius 3 is 2.55 bits per heavy atom. The number of hydrogen-bond acceptors (Lipinski definition) is 5. The fourth-order valence-electron chi connectivity index (χ4n) is 3.12. The first-order valence-corrected chi connectivity index (χ1v) is 11.3. The summed E-state index contributed by atoms with van der Waals surface area (Å²) in [5, 5.41) is 2.81. The van der Waals surface area contributed by atoms with Gasteiger partial charge in [-0.2, -0.15) is 0 Å². The third-order valence-corrected chi connectivity index (χ3v) is 6.02. The number of ether oxygens (including phenoxy) is 1. The smallest absolute Gasteiger partial charge is 0.294 e. The van der Waals surface area contributed by atoms with Crippen molar-refractivity contribution in [2.75, 3.05) is 11.9 Å². The van der Waals surface area contributed by atoms with Gasteiger partial charge < -0.3 is 10.1 Å². The highest BCUT2D eigenvalue weighted by Gasteiger charge is 2.36. The summed E-state index contributed by atoms with van der Waals surface area (Å²) in [6.45, 7) is -0.0476. The number of carbonyl (C=O) groups excluding carboxylic acids is 3. The first-order chi connectivity index (χ1) is 16.0. The van der Waals surface area contributed by atoms with Crippen molar-refractivity contribution in [2.24, 2.45) is 0 Å². The van der Waals surface area contributed by atoms with E-state index in [0.717, 1.165) is 22.2 Å². The molecule has 0 aromatic heterocycles. The summed E-state index contributed by atoms with van der Waals surface area (Å²) in [5.74, 6) is -0.347. The molecular weight excluding hydrogens is 460 g/mol.